The Morgan fingerprint density at radius 2 is 1.76 bits per heavy atom. The normalized spacial score (nSPS) is 19.4. The van der Waals surface area contributed by atoms with Crippen molar-refractivity contribution in [3.8, 4) is 23.0 Å². The van der Waals surface area contributed by atoms with Crippen LogP contribution in [0, 0.1) is 17.3 Å². The number of nitrogens with one attached hydrogen (secondary N) is 1. The first-order valence-corrected chi connectivity index (χ1v) is 11.4. The van der Waals surface area contributed by atoms with Gasteiger partial charge in [-0.25, -0.2) is 4.79 Å². The molecule has 0 spiro atoms. The number of carboxylic acid groups (broad SMARTS) is 1. The zero-order valence-electron chi connectivity index (χ0n) is 19.3. The maximum absolute atomic E-state index is 13.1. The Balaban J connectivity index is 1.43. The van der Waals surface area contributed by atoms with E-state index in [9.17, 15) is 19.5 Å². The molecule has 176 valence electrons. The van der Waals surface area contributed by atoms with Crippen LogP contribution in [0.4, 0.5) is 4.79 Å². The largest absolute Gasteiger partial charge is 0.481 e. The number of hydrogen-bond donors (Lipinski definition) is 2. The molecule has 1 saturated heterocycles. The quantitative estimate of drug-likeness (QED) is 0.642. The molecule has 1 heterocycles. The molecule has 2 unspecified atom stereocenters. The third-order valence-corrected chi connectivity index (χ3v) is 6.72. The van der Waals surface area contributed by atoms with Gasteiger partial charge in [0.05, 0.1) is 5.41 Å². The summed E-state index contributed by atoms with van der Waals surface area (Å²) in [5, 5.41) is 12.1. The fraction of sp³-hybridized carbons (Fsp3) is 0.370. The van der Waals surface area contributed by atoms with Crippen molar-refractivity contribution >= 4 is 18.0 Å². The summed E-state index contributed by atoms with van der Waals surface area (Å²) in [7, 11) is 0. The molecule has 2 aromatic rings. The number of fused-ring (bicyclic) bond motifs is 3. The number of benzene rings is 2. The van der Waals surface area contributed by atoms with E-state index in [1.807, 2.05) is 36.4 Å². The van der Waals surface area contributed by atoms with E-state index in [1.54, 1.807) is 13.8 Å². The molecule has 2 amide bonds. The van der Waals surface area contributed by atoms with Crippen LogP contribution < -0.4 is 5.32 Å². The summed E-state index contributed by atoms with van der Waals surface area (Å²) < 4.78 is 5.58. The van der Waals surface area contributed by atoms with Gasteiger partial charge < -0.3 is 20.1 Å². The summed E-state index contributed by atoms with van der Waals surface area (Å²) in [4.78, 5) is 38.8. The first-order valence-electron chi connectivity index (χ1n) is 11.4. The molecule has 2 N–H and O–H groups in total. The first-order chi connectivity index (χ1) is 16.3. The van der Waals surface area contributed by atoms with Crippen LogP contribution in [0.1, 0.15) is 43.7 Å². The molecule has 0 aromatic heterocycles. The van der Waals surface area contributed by atoms with Gasteiger partial charge in [-0.15, -0.1) is 11.8 Å². The Hall–Kier alpha value is -3.79. The highest BCUT2D eigenvalue weighted by molar-refractivity contribution is 5.87. The lowest BCUT2D eigenvalue weighted by Gasteiger charge is -2.25. The molecule has 7 heteroatoms. The van der Waals surface area contributed by atoms with Gasteiger partial charge in [-0.1, -0.05) is 48.5 Å². The van der Waals surface area contributed by atoms with E-state index >= 15 is 0 Å². The monoisotopic (exact) mass is 460 g/mol. The van der Waals surface area contributed by atoms with Crippen molar-refractivity contribution in [1.82, 2.24) is 10.2 Å². The fourth-order valence-corrected chi connectivity index (χ4v) is 4.73. The first kappa shape index (κ1) is 23.4. The second-order valence-electron chi connectivity index (χ2n) is 9.03. The second-order valence-corrected chi connectivity index (χ2v) is 9.03. The van der Waals surface area contributed by atoms with Crippen LogP contribution in [0.3, 0.4) is 0 Å². The third-order valence-electron chi connectivity index (χ3n) is 6.72. The highest BCUT2D eigenvalue weighted by Crippen LogP contribution is 2.44. The molecule has 2 atom stereocenters. The smallest absolute Gasteiger partial charge is 0.407 e. The van der Waals surface area contributed by atoms with E-state index in [0.717, 1.165) is 22.3 Å². The molecule has 1 aliphatic heterocycles. The molecule has 1 aliphatic carbocycles. The highest BCUT2D eigenvalue weighted by atomic mass is 16.5. The van der Waals surface area contributed by atoms with Gasteiger partial charge in [0.15, 0.2) is 0 Å². The van der Waals surface area contributed by atoms with Gasteiger partial charge in [0.2, 0.25) is 5.91 Å². The molecular formula is C27H28N2O5. The summed E-state index contributed by atoms with van der Waals surface area (Å²) in [5.74, 6) is 4.22. The van der Waals surface area contributed by atoms with Gasteiger partial charge in [-0.2, -0.15) is 0 Å². The molecule has 0 bridgehead atoms. The standard InChI is InChI=1S/C27H28N2O5/c1-3-4-13-23(24(30)29-15-14-27(2,17-29)25(31)32)28-26(33)34-16-22-20-11-7-5-9-18(20)19-10-6-8-12-21(19)22/h5-12,22-23H,13-17H2,1-2H3,(H,28,33)(H,31,32). The van der Waals surface area contributed by atoms with Crippen molar-refractivity contribution in [2.75, 3.05) is 19.7 Å². The van der Waals surface area contributed by atoms with E-state index in [1.165, 1.54) is 4.90 Å². The van der Waals surface area contributed by atoms with Gasteiger partial charge in [0.1, 0.15) is 12.6 Å². The molecule has 7 nitrogen and oxygen atoms in total. The number of rotatable bonds is 6. The van der Waals surface area contributed by atoms with E-state index in [2.05, 4.69) is 29.3 Å². The predicted octanol–water partition coefficient (Wildman–Crippen LogP) is 3.63. The molecule has 34 heavy (non-hydrogen) atoms. The fourth-order valence-electron chi connectivity index (χ4n) is 4.73. The average molecular weight is 461 g/mol. The van der Waals surface area contributed by atoms with Crippen LogP contribution in [0.25, 0.3) is 11.1 Å². The second kappa shape index (κ2) is 9.60. The van der Waals surface area contributed by atoms with Crippen LogP contribution in [-0.4, -0.2) is 53.7 Å². The Morgan fingerprint density at radius 1 is 1.15 bits per heavy atom. The summed E-state index contributed by atoms with van der Waals surface area (Å²) in [6, 6.07) is 15.2. The lowest BCUT2D eigenvalue weighted by molar-refractivity contribution is -0.147. The van der Waals surface area contributed by atoms with Crippen molar-refractivity contribution in [2.24, 2.45) is 5.41 Å². The Bertz CT molecular complexity index is 1140. The Morgan fingerprint density at radius 3 is 2.32 bits per heavy atom. The van der Waals surface area contributed by atoms with Crippen molar-refractivity contribution < 1.29 is 24.2 Å². The number of carbonyl (C=O) groups excluding carboxylic acids is 2. The van der Waals surface area contributed by atoms with Crippen LogP contribution in [0.5, 0.6) is 0 Å². The molecular weight excluding hydrogens is 432 g/mol. The summed E-state index contributed by atoms with van der Waals surface area (Å²) >= 11 is 0. The lowest BCUT2D eigenvalue weighted by atomic mass is 9.90. The Labute approximate surface area is 199 Å². The molecule has 2 aromatic carbocycles. The van der Waals surface area contributed by atoms with Crippen LogP contribution in [0.2, 0.25) is 0 Å². The summed E-state index contributed by atoms with van der Waals surface area (Å²) in [6.45, 7) is 3.85. The molecule has 0 radical (unpaired) electrons. The van der Waals surface area contributed by atoms with Crippen molar-refractivity contribution in [3.05, 3.63) is 59.7 Å². The number of carbonyl (C=O) groups is 3. The number of amides is 2. The molecule has 0 saturated carbocycles. The minimum atomic E-state index is -0.986. The topological polar surface area (TPSA) is 95.9 Å². The van der Waals surface area contributed by atoms with E-state index in [-0.39, 0.29) is 31.4 Å². The zero-order chi connectivity index (χ0) is 24.3. The van der Waals surface area contributed by atoms with Gasteiger partial charge in [0.25, 0.3) is 0 Å². The van der Waals surface area contributed by atoms with Gasteiger partial charge in [0, 0.05) is 25.4 Å². The predicted molar refractivity (Wildman–Crippen MR) is 127 cm³/mol. The maximum Gasteiger partial charge on any atom is 0.407 e. The maximum atomic E-state index is 13.1. The van der Waals surface area contributed by atoms with Crippen molar-refractivity contribution in [3.63, 3.8) is 0 Å². The van der Waals surface area contributed by atoms with Crippen LogP contribution in [-0.2, 0) is 14.3 Å². The average Bonchev–Trinajstić information content (AvgIpc) is 3.39. The van der Waals surface area contributed by atoms with Crippen LogP contribution in [0.15, 0.2) is 48.5 Å². The minimum absolute atomic E-state index is 0.0856. The summed E-state index contributed by atoms with van der Waals surface area (Å²) in [6.07, 6.45) is -0.205. The highest BCUT2D eigenvalue weighted by Gasteiger charge is 2.43. The SMILES string of the molecule is CC#CCC(NC(=O)OCC1c2ccccc2-c2ccccc21)C(=O)N1CCC(C)(C(=O)O)C1. The molecule has 1 fully saturated rings. The number of alkyl carbamates (subject to hydrolysis) is 1. The van der Waals surface area contributed by atoms with E-state index < -0.39 is 23.5 Å². The van der Waals surface area contributed by atoms with Gasteiger partial charge in [-0.05, 0) is 42.5 Å². The van der Waals surface area contributed by atoms with E-state index in [0.29, 0.717) is 13.0 Å². The number of likely N-dealkylation sites (tertiary alicyclic amines) is 1. The van der Waals surface area contributed by atoms with E-state index in [4.69, 9.17) is 4.74 Å². The van der Waals surface area contributed by atoms with Crippen LogP contribution >= 0.6 is 0 Å². The number of ether oxygens (including phenoxy) is 1. The number of hydrogen-bond acceptors (Lipinski definition) is 4. The zero-order valence-corrected chi connectivity index (χ0v) is 19.3. The third kappa shape index (κ3) is 4.49. The van der Waals surface area contributed by atoms with Gasteiger partial charge >= 0.3 is 12.1 Å². The summed E-state index contributed by atoms with van der Waals surface area (Å²) in [5.41, 5.74) is 3.49. The van der Waals surface area contributed by atoms with Crippen molar-refractivity contribution in [2.45, 2.75) is 38.6 Å². The van der Waals surface area contributed by atoms with Crippen molar-refractivity contribution in [1.29, 1.82) is 0 Å². The van der Waals surface area contributed by atoms with Gasteiger partial charge in [-0.3, -0.25) is 9.59 Å². The number of carboxylic acids is 1. The minimum Gasteiger partial charge on any atom is -0.481 e. The number of aliphatic carboxylic acids is 1. The molecule has 4 rings (SSSR count). The Kier molecular flexibility index (Phi) is 6.60. The number of nitrogens with zero attached hydrogens (tertiary/aromatic N) is 1. The lowest BCUT2D eigenvalue weighted by Crippen LogP contribution is -2.48. The molecule has 2 aliphatic rings.